The van der Waals surface area contributed by atoms with E-state index in [-0.39, 0.29) is 58.6 Å². The summed E-state index contributed by atoms with van der Waals surface area (Å²) in [6.07, 6.45) is 1.84. The van der Waals surface area contributed by atoms with Crippen molar-refractivity contribution in [1.82, 2.24) is 79.7 Å². The third-order valence-corrected chi connectivity index (χ3v) is 18.1. The average Bonchev–Trinajstić information content (AvgIpc) is 1.65. The molecule has 0 aliphatic carbocycles. The summed E-state index contributed by atoms with van der Waals surface area (Å²) in [7, 11) is 1.29. The van der Waals surface area contributed by atoms with Crippen LogP contribution in [0.5, 0.6) is 0 Å². The lowest BCUT2D eigenvalue weighted by Gasteiger charge is -2.06. The number of benzene rings is 8. The molecule has 0 fully saturated rings. The molecule has 0 amide bonds. The van der Waals surface area contributed by atoms with Crippen LogP contribution in [0.25, 0.3) is 115 Å². The molecule has 114 heavy (non-hydrogen) atoms. The molecule has 8 aromatic carbocycles. The van der Waals surface area contributed by atoms with E-state index >= 15 is 0 Å². The van der Waals surface area contributed by atoms with Gasteiger partial charge in [0.1, 0.15) is 28.7 Å². The smallest absolute Gasteiger partial charge is 0.359 e. The van der Waals surface area contributed by atoms with E-state index in [1.165, 1.54) is 43.7 Å². The number of esters is 3. The van der Waals surface area contributed by atoms with Crippen molar-refractivity contribution in [2.45, 2.75) is 34.6 Å². The Morgan fingerprint density at radius 2 is 0.649 bits per heavy atom. The summed E-state index contributed by atoms with van der Waals surface area (Å²) in [5, 5.41) is 44.6. The van der Waals surface area contributed by atoms with Gasteiger partial charge in [-0.2, -0.15) is 40.3 Å². The molecule has 28 nitrogen and oxygen atoms in total. The van der Waals surface area contributed by atoms with Gasteiger partial charge in [-0.3, -0.25) is 0 Å². The Morgan fingerprint density at radius 3 is 0.912 bits per heavy atom. The molecule has 33 heteroatoms. The van der Waals surface area contributed by atoms with Gasteiger partial charge in [0, 0.05) is 46.5 Å². The number of nitrogens with zero attached hydrogens (tertiary/aromatic N) is 16. The molecule has 0 spiro atoms. The maximum atomic E-state index is 12.4. The average molecular weight is 1630 g/mol. The van der Waals surface area contributed by atoms with Crippen LogP contribution in [-0.2, 0) is 14.2 Å². The van der Waals surface area contributed by atoms with Gasteiger partial charge in [0.25, 0.3) is 23.6 Å². The van der Waals surface area contributed by atoms with Crippen LogP contribution in [0.4, 0.5) is 0 Å². The van der Waals surface area contributed by atoms with Crippen molar-refractivity contribution in [3.05, 3.63) is 284 Å². The van der Waals surface area contributed by atoms with Gasteiger partial charge >= 0.3 is 23.9 Å². The second-order valence-corrected chi connectivity index (χ2v) is 27.1. The molecule has 572 valence electrons. The first-order valence-electron chi connectivity index (χ1n) is 34.4. The third-order valence-electron chi connectivity index (χ3n) is 16.5. The number of carbonyl (C=O) groups excluding carboxylic acids is 3. The molecule has 0 bridgehead atoms. The van der Waals surface area contributed by atoms with Gasteiger partial charge < -0.3 is 37.4 Å². The van der Waals surface area contributed by atoms with Crippen LogP contribution >= 0.6 is 58.2 Å². The Bertz CT molecular complexity index is 6180. The molecule has 1 N–H and O–H groups in total. The van der Waals surface area contributed by atoms with E-state index in [2.05, 4.69) is 61.0 Å². The Hall–Kier alpha value is -13.5. The molecule has 0 radical (unpaired) electrons. The lowest BCUT2D eigenvalue weighted by molar-refractivity contribution is 0.0516. The fourth-order valence-electron chi connectivity index (χ4n) is 11.2. The lowest BCUT2D eigenvalue weighted by atomic mass is 10.1. The summed E-state index contributed by atoms with van der Waals surface area (Å²) in [6, 6.07) is 65.3. The van der Waals surface area contributed by atoms with Crippen molar-refractivity contribution in [2.24, 2.45) is 0 Å². The first kappa shape index (κ1) is 78.7. The first-order chi connectivity index (χ1) is 55.2. The molecule has 0 aliphatic rings. The number of aromatic nitrogens is 16. The molecular weight excluding hydrogens is 1560 g/mol. The van der Waals surface area contributed by atoms with E-state index in [1.54, 1.807) is 91.9 Å². The van der Waals surface area contributed by atoms with Crippen molar-refractivity contribution in [3.8, 4) is 115 Å². The molecule has 0 aliphatic heterocycles. The maximum Gasteiger partial charge on any atom is 0.359 e. The fourth-order valence-corrected chi connectivity index (χ4v) is 12.3. The number of carboxylic acids is 1. The number of methoxy groups -OCH3 is 1. The zero-order valence-corrected chi connectivity index (χ0v) is 65.1. The number of rotatable bonds is 19. The fraction of sp³-hybridized carbons (Fsp3) is 0.111. The van der Waals surface area contributed by atoms with Crippen molar-refractivity contribution >= 4 is 82.0 Å². The topological polar surface area (TPSA) is 343 Å². The SMILES string of the molecule is CCOC(=O)c1cc(-c2noc(-c3cccc(C)c3)n2)n(-c2ccccc2Cl)n1.COC(=O)c1cc(-c2noc(-c3cccc(C)c3)n2)n(-c2ccccc2Cl)n1.CSCOC(=O)c1cc(-c2noc(-c3cccc(C)c3)n2)n(-c2ccccc2Cl)n1.Cc1cccc(-c2nc(-c3cc(C(=O)O)nn3-c3ccccc3Cl)no2)c1. The number of halogens is 4. The van der Waals surface area contributed by atoms with Crippen LogP contribution in [0.1, 0.15) is 71.1 Å². The van der Waals surface area contributed by atoms with Gasteiger partial charge in [-0.25, -0.2) is 37.9 Å². The number of carbonyl (C=O) groups is 4. The summed E-state index contributed by atoms with van der Waals surface area (Å²) < 4.78 is 42.7. The normalized spacial score (nSPS) is 10.9. The zero-order valence-electron chi connectivity index (χ0n) is 61.2. The third kappa shape index (κ3) is 18.1. The Kier molecular flexibility index (Phi) is 24.6. The maximum absolute atomic E-state index is 12.4. The van der Waals surface area contributed by atoms with Gasteiger partial charge in [-0.05, 0) is 138 Å². The van der Waals surface area contributed by atoms with E-state index in [0.29, 0.717) is 89.2 Å². The quantitative estimate of drug-likeness (QED) is 0.0446. The Labute approximate surface area is 672 Å². The van der Waals surface area contributed by atoms with Crippen LogP contribution in [0.15, 0.2) is 236 Å². The minimum Gasteiger partial charge on any atom is -0.476 e. The highest BCUT2D eigenvalue weighted by Gasteiger charge is 2.28. The monoisotopic (exact) mass is 1620 g/mol. The summed E-state index contributed by atoms with van der Waals surface area (Å²) in [5.74, 6) is -0.104. The number of ether oxygens (including phenoxy) is 3. The van der Waals surface area contributed by atoms with Gasteiger partial charge in [0.15, 0.2) is 22.8 Å². The summed E-state index contributed by atoms with van der Waals surface area (Å²) in [6.45, 7) is 9.89. The van der Waals surface area contributed by atoms with Crippen LogP contribution in [0.3, 0.4) is 0 Å². The molecule has 16 aromatic rings. The number of carboxylic acid groups (broad SMARTS) is 1. The number of aryl methyl sites for hydroxylation is 4. The Morgan fingerprint density at radius 1 is 0.377 bits per heavy atom. The molecule has 16 rings (SSSR count). The van der Waals surface area contributed by atoms with Gasteiger partial charge in [0.05, 0.1) is 56.6 Å². The van der Waals surface area contributed by atoms with Crippen LogP contribution < -0.4 is 0 Å². The van der Waals surface area contributed by atoms with E-state index in [0.717, 1.165) is 44.5 Å². The van der Waals surface area contributed by atoms with Gasteiger partial charge in [-0.15, -0.1) is 11.8 Å². The number of para-hydroxylation sites is 4. The predicted molar refractivity (Wildman–Crippen MR) is 426 cm³/mol. The highest BCUT2D eigenvalue weighted by Crippen LogP contribution is 2.35. The molecule has 8 heterocycles. The van der Waals surface area contributed by atoms with Crippen LogP contribution in [-0.4, -0.2) is 135 Å². The van der Waals surface area contributed by atoms with Gasteiger partial charge in [-0.1, -0.05) is 186 Å². The van der Waals surface area contributed by atoms with Gasteiger partial charge in [0.2, 0.25) is 23.3 Å². The van der Waals surface area contributed by atoms with E-state index in [9.17, 15) is 24.3 Å². The van der Waals surface area contributed by atoms with Crippen molar-refractivity contribution in [3.63, 3.8) is 0 Å². The van der Waals surface area contributed by atoms with E-state index < -0.39 is 23.9 Å². The minimum absolute atomic E-state index is 0.110. The number of hydrogen-bond acceptors (Lipinski definition) is 24. The Balaban J connectivity index is 0.000000133. The first-order valence-corrected chi connectivity index (χ1v) is 37.3. The number of hydrogen-bond donors (Lipinski definition) is 1. The van der Waals surface area contributed by atoms with Crippen molar-refractivity contribution in [2.75, 3.05) is 25.9 Å². The molecule has 0 saturated heterocycles. The number of aromatic carboxylic acids is 1. The number of thioether (sulfide) groups is 1. The predicted octanol–water partition coefficient (Wildman–Crippen LogP) is 18.3. The summed E-state index contributed by atoms with van der Waals surface area (Å²) in [5.41, 5.74) is 11.7. The molecule has 0 atom stereocenters. The van der Waals surface area contributed by atoms with Crippen LogP contribution in [0.2, 0.25) is 20.1 Å². The summed E-state index contributed by atoms with van der Waals surface area (Å²) >= 11 is 26.7. The highest BCUT2D eigenvalue weighted by molar-refractivity contribution is 7.98. The molecule has 0 unspecified atom stereocenters. The van der Waals surface area contributed by atoms with Crippen LogP contribution in [0, 0.1) is 27.7 Å². The second kappa shape index (κ2) is 35.7. The summed E-state index contributed by atoms with van der Waals surface area (Å²) in [4.78, 5) is 65.9. The highest BCUT2D eigenvalue weighted by atomic mass is 35.5. The van der Waals surface area contributed by atoms with E-state index in [1.807, 2.05) is 161 Å². The lowest BCUT2D eigenvalue weighted by Crippen LogP contribution is -2.07. The molecule has 0 saturated carbocycles. The zero-order chi connectivity index (χ0) is 80.1. The molecule has 8 aromatic heterocycles. The molecular formula is C81H62Cl4N16O12S. The van der Waals surface area contributed by atoms with Crippen molar-refractivity contribution < 1.29 is 56.6 Å². The van der Waals surface area contributed by atoms with E-state index in [4.69, 9.17) is 78.7 Å². The van der Waals surface area contributed by atoms with Crippen molar-refractivity contribution in [1.29, 1.82) is 0 Å². The standard InChI is InChI=1S/C21H17ClN4O3S.C21H17ClN4O3.C20H15ClN4O3.C19H13ClN4O3/c1-13-6-5-7-14(10-13)20-23-19(25-29-20)18-11-16(21(27)28-12-30-2)24-26(18)17-9-4-3-8-15(17)22;1-3-28-21(27)16-12-18(26(24-16)17-10-5-4-9-15(17)22)19-23-20(29-25-19)14-8-6-7-13(2)11-14;1-12-6-5-7-13(10-12)19-22-18(24-28-19)17-11-15(20(26)27-2)23-25(17)16-9-4-3-8-14(16)21;1-11-5-4-6-12(9-11)18-21-17(23-27-18)16-10-14(19(25)26)22-24(16)15-8-3-2-7-13(15)20/h3-11H,12H2,1-2H3;4-12H,3H2,1-2H3;3-11H,1-2H3;2-10H,1H3,(H,25,26). The second-order valence-electron chi connectivity index (χ2n) is 24.6. The largest absolute Gasteiger partial charge is 0.476 e. The minimum atomic E-state index is -1.16.